The number of hydrogen-bond acceptors (Lipinski definition) is 4. The number of urea groups is 1. The number of carbonyl (C=O) groups excluding carboxylic acids is 1. The largest absolute Gasteiger partial charge is 0.488 e. The molecule has 0 saturated carbocycles. The first-order chi connectivity index (χ1) is 14.6. The minimum atomic E-state index is -0.412. The molecule has 1 aliphatic rings. The third kappa shape index (κ3) is 4.60. The monoisotopic (exact) mass is 409 g/mol. The van der Waals surface area contributed by atoms with Crippen molar-refractivity contribution in [1.82, 2.24) is 15.1 Å². The second-order valence-corrected chi connectivity index (χ2v) is 7.06. The van der Waals surface area contributed by atoms with Gasteiger partial charge < -0.3 is 20.7 Å². The molecule has 1 aliphatic heterocycles. The van der Waals surface area contributed by atoms with Crippen LogP contribution in [0.4, 0.5) is 20.6 Å². The highest BCUT2D eigenvalue weighted by Gasteiger charge is 2.20. The molecule has 1 fully saturated rings. The fourth-order valence-corrected chi connectivity index (χ4v) is 3.46. The van der Waals surface area contributed by atoms with Crippen molar-refractivity contribution in [2.24, 2.45) is 0 Å². The molecule has 3 N–H and O–H groups in total. The van der Waals surface area contributed by atoms with Crippen molar-refractivity contribution in [3.05, 3.63) is 60.5 Å². The van der Waals surface area contributed by atoms with E-state index in [1.807, 2.05) is 29.8 Å². The first-order valence-electron chi connectivity index (χ1n) is 9.99. The normalized spacial score (nSPS) is 15.7. The molecule has 0 unspecified atom stereocenters. The number of hydrogen-bond donors (Lipinski definition) is 3. The first-order valence-corrected chi connectivity index (χ1v) is 9.99. The average Bonchev–Trinajstić information content (AvgIpc) is 3.42. The lowest BCUT2D eigenvalue weighted by Gasteiger charge is -2.18. The summed E-state index contributed by atoms with van der Waals surface area (Å²) < 4.78 is 21.2. The van der Waals surface area contributed by atoms with Crippen LogP contribution in [0, 0.1) is 5.82 Å². The molecule has 2 amide bonds. The third-order valence-electron chi connectivity index (χ3n) is 4.94. The van der Waals surface area contributed by atoms with E-state index in [4.69, 9.17) is 4.74 Å². The van der Waals surface area contributed by atoms with Gasteiger partial charge in [0.1, 0.15) is 17.7 Å². The maximum atomic E-state index is 13.0. The topological polar surface area (TPSA) is 80.2 Å². The summed E-state index contributed by atoms with van der Waals surface area (Å²) >= 11 is 0. The van der Waals surface area contributed by atoms with E-state index in [-0.39, 0.29) is 11.9 Å². The minimum Gasteiger partial charge on any atom is -0.488 e. The van der Waals surface area contributed by atoms with Crippen LogP contribution in [0.1, 0.15) is 13.3 Å². The Morgan fingerprint density at radius 3 is 2.70 bits per heavy atom. The second-order valence-electron chi connectivity index (χ2n) is 7.06. The van der Waals surface area contributed by atoms with E-state index in [0.29, 0.717) is 11.4 Å². The van der Waals surface area contributed by atoms with E-state index in [1.54, 1.807) is 12.3 Å². The van der Waals surface area contributed by atoms with Crippen LogP contribution in [-0.2, 0) is 6.54 Å². The Kier molecular flexibility index (Phi) is 5.94. The number of halogens is 1. The minimum absolute atomic E-state index is 0.113. The SMILES string of the molecule is CCn1nccc1-c1cc(NC(=O)Nc2ccc(F)cc2)ccc1O[C@H]1CCNC1. The molecule has 0 aliphatic carbocycles. The third-order valence-corrected chi connectivity index (χ3v) is 4.94. The Morgan fingerprint density at radius 1 is 1.20 bits per heavy atom. The summed E-state index contributed by atoms with van der Waals surface area (Å²) in [5, 5.41) is 13.2. The van der Waals surface area contributed by atoms with E-state index >= 15 is 0 Å². The van der Waals surface area contributed by atoms with Gasteiger partial charge in [-0.1, -0.05) is 0 Å². The van der Waals surface area contributed by atoms with Crippen LogP contribution < -0.4 is 20.7 Å². The number of aryl methyl sites for hydroxylation is 1. The zero-order valence-electron chi connectivity index (χ0n) is 16.7. The molecule has 0 spiro atoms. The lowest BCUT2D eigenvalue weighted by molar-refractivity contribution is 0.224. The molecule has 2 heterocycles. The Hall–Kier alpha value is -3.39. The van der Waals surface area contributed by atoms with Crippen molar-refractivity contribution in [3.8, 4) is 17.0 Å². The Balaban J connectivity index is 1.57. The Bertz CT molecular complexity index is 1010. The summed E-state index contributed by atoms with van der Waals surface area (Å²) in [7, 11) is 0. The van der Waals surface area contributed by atoms with Gasteiger partial charge in [-0.3, -0.25) is 4.68 Å². The van der Waals surface area contributed by atoms with Gasteiger partial charge in [-0.25, -0.2) is 9.18 Å². The predicted octanol–water partition coefficient (Wildman–Crippen LogP) is 4.09. The Morgan fingerprint density at radius 2 is 1.97 bits per heavy atom. The van der Waals surface area contributed by atoms with Crippen LogP contribution in [0.3, 0.4) is 0 Å². The van der Waals surface area contributed by atoms with Gasteiger partial charge in [-0.05, 0) is 68.4 Å². The van der Waals surface area contributed by atoms with E-state index in [9.17, 15) is 9.18 Å². The van der Waals surface area contributed by atoms with Gasteiger partial charge in [0, 0.05) is 36.2 Å². The summed E-state index contributed by atoms with van der Waals surface area (Å²) in [6.45, 7) is 4.49. The summed E-state index contributed by atoms with van der Waals surface area (Å²) in [6, 6.07) is 12.7. The number of carbonyl (C=O) groups is 1. The van der Waals surface area contributed by atoms with Crippen molar-refractivity contribution in [3.63, 3.8) is 0 Å². The zero-order chi connectivity index (χ0) is 20.9. The molecule has 3 aromatic rings. The quantitative estimate of drug-likeness (QED) is 0.573. The van der Waals surface area contributed by atoms with Crippen LogP contribution in [0.25, 0.3) is 11.3 Å². The van der Waals surface area contributed by atoms with Crippen LogP contribution >= 0.6 is 0 Å². The molecular weight excluding hydrogens is 385 g/mol. The van der Waals surface area contributed by atoms with Gasteiger partial charge >= 0.3 is 6.03 Å². The van der Waals surface area contributed by atoms with Crippen LogP contribution in [0.15, 0.2) is 54.7 Å². The number of aromatic nitrogens is 2. The lowest BCUT2D eigenvalue weighted by Crippen LogP contribution is -2.21. The van der Waals surface area contributed by atoms with Crippen LogP contribution in [0.5, 0.6) is 5.75 Å². The molecule has 156 valence electrons. The van der Waals surface area contributed by atoms with Crippen molar-refractivity contribution < 1.29 is 13.9 Å². The standard InChI is InChI=1S/C22H24FN5O2/c1-2-28-20(10-12-25-28)19-13-17(7-8-21(19)30-18-9-11-24-14-18)27-22(29)26-16-5-3-15(23)4-6-16/h3-8,10,12-13,18,24H,2,9,11,14H2,1H3,(H2,26,27,29)/t18-/m0/s1. The highest BCUT2D eigenvalue weighted by atomic mass is 19.1. The number of amides is 2. The molecule has 1 aromatic heterocycles. The van der Waals surface area contributed by atoms with Gasteiger partial charge in [-0.15, -0.1) is 0 Å². The number of nitrogens with one attached hydrogen (secondary N) is 3. The van der Waals surface area contributed by atoms with E-state index in [2.05, 4.69) is 21.0 Å². The highest BCUT2D eigenvalue weighted by Crippen LogP contribution is 2.34. The van der Waals surface area contributed by atoms with Crippen molar-refractivity contribution in [2.75, 3.05) is 23.7 Å². The molecular formula is C22H24FN5O2. The molecule has 2 aromatic carbocycles. The molecule has 4 rings (SSSR count). The van der Waals surface area contributed by atoms with Crippen molar-refractivity contribution in [1.29, 1.82) is 0 Å². The van der Waals surface area contributed by atoms with Gasteiger partial charge in [0.05, 0.1) is 5.69 Å². The number of nitrogens with zero attached hydrogens (tertiary/aromatic N) is 2. The summed E-state index contributed by atoms with van der Waals surface area (Å²) in [5.41, 5.74) is 2.90. The Labute approximate surface area is 174 Å². The van der Waals surface area contributed by atoms with Gasteiger partial charge in [0.15, 0.2) is 0 Å². The predicted molar refractivity (Wildman–Crippen MR) is 114 cm³/mol. The maximum absolute atomic E-state index is 13.0. The van der Waals surface area contributed by atoms with Gasteiger partial charge in [0.25, 0.3) is 0 Å². The fraction of sp³-hybridized carbons (Fsp3) is 0.273. The van der Waals surface area contributed by atoms with E-state index in [1.165, 1.54) is 24.3 Å². The highest BCUT2D eigenvalue weighted by molar-refractivity contribution is 6.00. The van der Waals surface area contributed by atoms with Crippen LogP contribution in [0.2, 0.25) is 0 Å². The maximum Gasteiger partial charge on any atom is 0.323 e. The second kappa shape index (κ2) is 8.96. The van der Waals surface area contributed by atoms with E-state index < -0.39 is 6.03 Å². The zero-order valence-corrected chi connectivity index (χ0v) is 16.7. The molecule has 1 saturated heterocycles. The molecule has 1 atom stereocenters. The lowest BCUT2D eigenvalue weighted by atomic mass is 10.1. The molecule has 0 bridgehead atoms. The molecule has 7 nitrogen and oxygen atoms in total. The molecule has 0 radical (unpaired) electrons. The molecule has 8 heteroatoms. The van der Waals surface area contributed by atoms with Gasteiger partial charge in [0.2, 0.25) is 0 Å². The first kappa shape index (κ1) is 19.9. The number of ether oxygens (including phenoxy) is 1. The smallest absolute Gasteiger partial charge is 0.323 e. The van der Waals surface area contributed by atoms with E-state index in [0.717, 1.165) is 43.1 Å². The number of anilines is 2. The summed E-state index contributed by atoms with van der Waals surface area (Å²) in [6.07, 6.45) is 2.82. The number of benzene rings is 2. The van der Waals surface area contributed by atoms with Crippen molar-refractivity contribution in [2.45, 2.75) is 26.0 Å². The van der Waals surface area contributed by atoms with Crippen molar-refractivity contribution >= 4 is 17.4 Å². The summed E-state index contributed by atoms with van der Waals surface area (Å²) in [5.74, 6) is 0.398. The van der Waals surface area contributed by atoms with Crippen LogP contribution in [-0.4, -0.2) is 35.0 Å². The number of rotatable bonds is 6. The fourth-order valence-electron chi connectivity index (χ4n) is 3.46. The average molecular weight is 409 g/mol. The molecule has 30 heavy (non-hydrogen) atoms. The summed E-state index contributed by atoms with van der Waals surface area (Å²) in [4.78, 5) is 12.4. The van der Waals surface area contributed by atoms with Gasteiger partial charge in [-0.2, -0.15) is 5.10 Å².